The summed E-state index contributed by atoms with van der Waals surface area (Å²) in [4.78, 5) is 35.5. The van der Waals surface area contributed by atoms with E-state index in [0.29, 0.717) is 35.7 Å². The van der Waals surface area contributed by atoms with Gasteiger partial charge < -0.3 is 15.3 Å². The van der Waals surface area contributed by atoms with Gasteiger partial charge >= 0.3 is 5.97 Å². The number of aryl methyl sites for hydroxylation is 1. The van der Waals surface area contributed by atoms with Crippen LogP contribution in [0.5, 0.6) is 0 Å². The monoisotopic (exact) mass is 473 g/mol. The molecule has 0 fully saturated rings. The molecule has 0 amide bonds. The highest BCUT2D eigenvalue weighted by molar-refractivity contribution is 5.92. The van der Waals surface area contributed by atoms with Gasteiger partial charge in [0.2, 0.25) is 5.95 Å². The maximum absolute atomic E-state index is 13.5. The third kappa shape index (κ3) is 3.99. The van der Waals surface area contributed by atoms with Gasteiger partial charge in [-0.3, -0.25) is 9.20 Å². The summed E-state index contributed by atoms with van der Waals surface area (Å²) in [7, 11) is 0. The molecule has 4 heterocycles. The highest BCUT2D eigenvalue weighted by Crippen LogP contribution is 2.30. The van der Waals surface area contributed by atoms with Gasteiger partial charge in [0.1, 0.15) is 11.5 Å². The van der Waals surface area contributed by atoms with Gasteiger partial charge in [-0.2, -0.15) is 4.39 Å². The van der Waals surface area contributed by atoms with Crippen molar-refractivity contribution in [2.24, 2.45) is 0 Å². The number of anilines is 2. The van der Waals surface area contributed by atoms with Crippen LogP contribution in [0, 0.1) is 19.8 Å². The van der Waals surface area contributed by atoms with Crippen LogP contribution in [0.15, 0.2) is 53.5 Å². The lowest BCUT2D eigenvalue weighted by Crippen LogP contribution is -2.27. The van der Waals surface area contributed by atoms with Crippen LogP contribution in [0.1, 0.15) is 51.3 Å². The summed E-state index contributed by atoms with van der Waals surface area (Å²) in [6.45, 7) is 6.83. The number of hydrogen-bond donors (Lipinski definition) is 2. The van der Waals surface area contributed by atoms with Crippen LogP contribution in [-0.2, 0) is 13.1 Å². The van der Waals surface area contributed by atoms with Crippen molar-refractivity contribution in [2.45, 2.75) is 39.9 Å². The van der Waals surface area contributed by atoms with Crippen LogP contribution in [-0.4, -0.2) is 25.4 Å². The number of carbonyl (C=O) groups is 1. The van der Waals surface area contributed by atoms with E-state index >= 15 is 0 Å². The number of halogens is 1. The minimum Gasteiger partial charge on any atom is -0.476 e. The predicted octanol–water partition coefficient (Wildman–Crippen LogP) is 4.24. The number of aromatic carboxylic acids is 1. The Morgan fingerprint density at radius 1 is 1.11 bits per heavy atom. The van der Waals surface area contributed by atoms with Gasteiger partial charge in [0, 0.05) is 24.8 Å². The first-order valence-corrected chi connectivity index (χ1v) is 11.2. The third-order valence-electron chi connectivity index (χ3n) is 6.33. The number of carboxylic acid groups (broad SMARTS) is 1. The standard InChI is InChI=1S/C26H24FN5O3/c1-14-10-19(16(3)28-20-8-9-21(27)29-22(20)26(34)35)24-30-23(15(2)25(33)32(24)11-14)31-12-17-6-4-5-7-18(17)13-31/h4-11,16,28H,12-13H2,1-3H3,(H,34,35). The van der Waals surface area contributed by atoms with Crippen LogP contribution in [0.25, 0.3) is 5.65 Å². The molecule has 5 rings (SSSR count). The molecule has 2 N–H and O–H groups in total. The first kappa shape index (κ1) is 22.5. The largest absolute Gasteiger partial charge is 0.476 e. The summed E-state index contributed by atoms with van der Waals surface area (Å²) in [5.41, 5.74) is 4.61. The Hall–Kier alpha value is -4.27. The summed E-state index contributed by atoms with van der Waals surface area (Å²) in [6.07, 6.45) is 1.75. The van der Waals surface area contributed by atoms with Crippen molar-refractivity contribution in [1.82, 2.24) is 14.4 Å². The highest BCUT2D eigenvalue weighted by atomic mass is 19.1. The molecule has 0 spiro atoms. The van der Waals surface area contributed by atoms with Crippen LogP contribution in [0.3, 0.4) is 0 Å². The van der Waals surface area contributed by atoms with Crippen molar-refractivity contribution in [1.29, 1.82) is 0 Å². The van der Waals surface area contributed by atoms with Crippen molar-refractivity contribution in [3.05, 3.63) is 98.5 Å². The molecule has 1 atom stereocenters. The molecule has 1 aromatic carbocycles. The Labute approximate surface area is 200 Å². The molecule has 3 aromatic heterocycles. The van der Waals surface area contributed by atoms with E-state index in [1.54, 1.807) is 13.1 Å². The van der Waals surface area contributed by atoms with E-state index in [-0.39, 0.29) is 11.2 Å². The molecule has 0 saturated carbocycles. The predicted molar refractivity (Wildman–Crippen MR) is 130 cm³/mol. The maximum Gasteiger partial charge on any atom is 0.356 e. The number of rotatable bonds is 5. The second kappa shape index (κ2) is 8.50. The first-order valence-electron chi connectivity index (χ1n) is 11.2. The Kier molecular flexibility index (Phi) is 5.47. The first-order chi connectivity index (χ1) is 16.7. The minimum absolute atomic E-state index is 0.159. The molecule has 8 nitrogen and oxygen atoms in total. The third-order valence-corrected chi connectivity index (χ3v) is 6.33. The number of nitrogens with one attached hydrogen (secondary N) is 1. The molecule has 0 saturated heterocycles. The summed E-state index contributed by atoms with van der Waals surface area (Å²) < 4.78 is 15.1. The lowest BCUT2D eigenvalue weighted by molar-refractivity contribution is 0.0690. The average Bonchev–Trinajstić information content (AvgIpc) is 3.26. The molecule has 1 aliphatic heterocycles. The maximum atomic E-state index is 13.5. The Bertz CT molecular complexity index is 1520. The number of fused-ring (bicyclic) bond motifs is 2. The van der Waals surface area contributed by atoms with Crippen molar-refractivity contribution in [3.8, 4) is 0 Å². The van der Waals surface area contributed by atoms with E-state index in [4.69, 9.17) is 4.98 Å². The molecule has 35 heavy (non-hydrogen) atoms. The molecule has 4 aromatic rings. The molecular formula is C26H24FN5O3. The zero-order valence-corrected chi connectivity index (χ0v) is 19.5. The van der Waals surface area contributed by atoms with Crippen LogP contribution in [0.2, 0.25) is 0 Å². The summed E-state index contributed by atoms with van der Waals surface area (Å²) in [5, 5.41) is 12.6. The molecule has 0 bridgehead atoms. The van der Waals surface area contributed by atoms with E-state index < -0.39 is 23.7 Å². The Morgan fingerprint density at radius 2 is 1.80 bits per heavy atom. The molecule has 178 valence electrons. The normalized spacial score (nSPS) is 13.7. The number of nitrogens with zero attached hydrogens (tertiary/aromatic N) is 4. The van der Waals surface area contributed by atoms with Gasteiger partial charge in [0.15, 0.2) is 5.69 Å². The molecule has 0 aliphatic carbocycles. The fraction of sp³-hybridized carbons (Fsp3) is 0.231. The van der Waals surface area contributed by atoms with Gasteiger partial charge in [0.05, 0.1) is 17.3 Å². The van der Waals surface area contributed by atoms with E-state index in [1.165, 1.54) is 21.6 Å². The molecule has 9 heteroatoms. The lowest BCUT2D eigenvalue weighted by Gasteiger charge is -2.23. The highest BCUT2D eigenvalue weighted by Gasteiger charge is 2.25. The smallest absolute Gasteiger partial charge is 0.356 e. The van der Waals surface area contributed by atoms with E-state index in [2.05, 4.69) is 27.3 Å². The number of aromatic nitrogens is 3. The van der Waals surface area contributed by atoms with Crippen molar-refractivity contribution in [2.75, 3.05) is 10.2 Å². The number of benzene rings is 1. The van der Waals surface area contributed by atoms with Crippen LogP contribution < -0.4 is 15.8 Å². The van der Waals surface area contributed by atoms with E-state index in [0.717, 1.165) is 11.6 Å². The molecule has 1 aliphatic rings. The second-order valence-electron chi connectivity index (χ2n) is 8.86. The minimum atomic E-state index is -1.34. The number of pyridine rings is 2. The van der Waals surface area contributed by atoms with Crippen LogP contribution >= 0.6 is 0 Å². The summed E-state index contributed by atoms with van der Waals surface area (Å²) in [6, 6.07) is 12.1. The van der Waals surface area contributed by atoms with Crippen molar-refractivity contribution < 1.29 is 14.3 Å². The number of carboxylic acids is 1. The average molecular weight is 474 g/mol. The topological polar surface area (TPSA) is 99.8 Å². The van der Waals surface area contributed by atoms with E-state index in [9.17, 15) is 19.1 Å². The fourth-order valence-corrected chi connectivity index (χ4v) is 4.62. The number of hydrogen-bond acceptors (Lipinski definition) is 6. The summed E-state index contributed by atoms with van der Waals surface area (Å²) in [5.74, 6) is -1.59. The second-order valence-corrected chi connectivity index (χ2v) is 8.86. The van der Waals surface area contributed by atoms with Gasteiger partial charge in [0.25, 0.3) is 5.56 Å². The van der Waals surface area contributed by atoms with Crippen LogP contribution in [0.4, 0.5) is 15.9 Å². The van der Waals surface area contributed by atoms with Gasteiger partial charge in [-0.05, 0) is 55.7 Å². The zero-order chi connectivity index (χ0) is 24.9. The molecule has 0 radical (unpaired) electrons. The van der Waals surface area contributed by atoms with Gasteiger partial charge in [-0.15, -0.1) is 0 Å². The fourth-order valence-electron chi connectivity index (χ4n) is 4.62. The Balaban J connectivity index is 1.60. The van der Waals surface area contributed by atoms with Gasteiger partial charge in [-0.25, -0.2) is 14.8 Å². The van der Waals surface area contributed by atoms with Crippen molar-refractivity contribution >= 4 is 23.1 Å². The lowest BCUT2D eigenvalue weighted by atomic mass is 10.1. The molecular weight excluding hydrogens is 449 g/mol. The summed E-state index contributed by atoms with van der Waals surface area (Å²) >= 11 is 0. The molecule has 1 unspecified atom stereocenters. The zero-order valence-electron chi connectivity index (χ0n) is 19.5. The Morgan fingerprint density at radius 3 is 2.46 bits per heavy atom. The van der Waals surface area contributed by atoms with E-state index in [1.807, 2.05) is 32.0 Å². The van der Waals surface area contributed by atoms with Crippen molar-refractivity contribution in [3.63, 3.8) is 0 Å². The van der Waals surface area contributed by atoms with Gasteiger partial charge in [-0.1, -0.05) is 24.3 Å². The SMILES string of the molecule is Cc1cc(C(C)Nc2ccc(F)nc2C(=O)O)c2nc(N3Cc4ccccc4C3)c(C)c(=O)n2c1. The quantitative estimate of drug-likeness (QED) is 0.418.